The van der Waals surface area contributed by atoms with Gasteiger partial charge in [0.1, 0.15) is 5.60 Å². The van der Waals surface area contributed by atoms with Crippen LogP contribution in [0.2, 0.25) is 0 Å². The summed E-state index contributed by atoms with van der Waals surface area (Å²) < 4.78 is 5.65. The van der Waals surface area contributed by atoms with Gasteiger partial charge in [0, 0.05) is 45.3 Å². The minimum Gasteiger partial charge on any atom is -0.483 e. The van der Waals surface area contributed by atoms with E-state index in [9.17, 15) is 9.59 Å². The third kappa shape index (κ3) is 6.65. The summed E-state index contributed by atoms with van der Waals surface area (Å²) in [7, 11) is 1.57. The molecule has 2 amide bonds. The number of benzene rings is 1. The van der Waals surface area contributed by atoms with Crippen molar-refractivity contribution >= 4 is 18.3 Å². The molecule has 1 aromatic heterocycles. The largest absolute Gasteiger partial charge is 0.483 e. The van der Waals surface area contributed by atoms with Crippen molar-refractivity contribution in [3.8, 4) is 0 Å². The van der Waals surface area contributed by atoms with Gasteiger partial charge in [-0.2, -0.15) is 5.10 Å². The Morgan fingerprint density at radius 3 is 2.52 bits per heavy atom. The summed E-state index contributed by atoms with van der Waals surface area (Å²) in [5, 5.41) is 16.5. The molecule has 0 radical (unpaired) electrons. The normalized spacial score (nSPS) is 15.9. The first kappa shape index (κ1) is 24.1. The van der Waals surface area contributed by atoms with Crippen molar-refractivity contribution in [1.82, 2.24) is 20.4 Å². The number of aryl methyl sites for hydroxylation is 1. The fraction of sp³-hybridized carbons (Fsp3) is 0.455. The lowest BCUT2D eigenvalue weighted by Crippen LogP contribution is -2.57. The molecule has 0 bridgehead atoms. The number of aromatic amines is 1. The number of nitrogens with one attached hydrogen (secondary N) is 2. The van der Waals surface area contributed by atoms with Crippen molar-refractivity contribution in [3.05, 3.63) is 53.9 Å². The molecule has 2 heterocycles. The van der Waals surface area contributed by atoms with Gasteiger partial charge in [-0.25, -0.2) is 0 Å². The summed E-state index contributed by atoms with van der Waals surface area (Å²) in [6, 6.07) is 10.3. The number of H-pyrrole nitrogens is 1. The van der Waals surface area contributed by atoms with Crippen LogP contribution in [0.25, 0.3) is 0 Å². The van der Waals surface area contributed by atoms with Crippen molar-refractivity contribution in [1.29, 1.82) is 0 Å². The molecule has 9 nitrogen and oxygen atoms in total. The molecule has 0 aliphatic carbocycles. The van der Waals surface area contributed by atoms with E-state index < -0.39 is 5.60 Å². The van der Waals surface area contributed by atoms with Gasteiger partial charge in [-0.05, 0) is 25.3 Å². The van der Waals surface area contributed by atoms with E-state index in [0.717, 1.165) is 12.8 Å². The second-order valence-electron chi connectivity index (χ2n) is 7.48. The van der Waals surface area contributed by atoms with Crippen molar-refractivity contribution < 1.29 is 24.2 Å². The van der Waals surface area contributed by atoms with E-state index in [0.29, 0.717) is 31.5 Å². The minimum atomic E-state index is -0.881. The van der Waals surface area contributed by atoms with E-state index in [1.165, 1.54) is 11.8 Å². The predicted molar refractivity (Wildman–Crippen MR) is 115 cm³/mol. The molecule has 1 aliphatic heterocycles. The van der Waals surface area contributed by atoms with Gasteiger partial charge in [-0.15, -0.1) is 0 Å². The number of methoxy groups -OCH3 is 1. The number of carboxylic acid groups (broad SMARTS) is 1. The van der Waals surface area contributed by atoms with E-state index in [-0.39, 0.29) is 24.3 Å². The fourth-order valence-electron chi connectivity index (χ4n) is 3.60. The van der Waals surface area contributed by atoms with Crippen molar-refractivity contribution in [3.63, 3.8) is 0 Å². The summed E-state index contributed by atoms with van der Waals surface area (Å²) >= 11 is 0. The standard InChI is InChI=1S/C21H28N4O3.CH2O2/c1-16(8-9-17-6-4-3-5-7-17)24-20(27)21(28-2)10-12-25(13-11-21)19(26)18-14-22-23-15-18;2-1-3/h3-7,14-16H,8-13H2,1-2H3,(H,22,23)(H,24,27);1H,(H,2,3). The van der Waals surface area contributed by atoms with E-state index in [4.69, 9.17) is 14.6 Å². The SMILES string of the molecule is COC1(C(=O)NC(C)CCc2ccccc2)CCN(C(=O)c2cn[nH]c2)CC1.O=CO. The molecule has 1 fully saturated rings. The molecule has 1 unspecified atom stereocenters. The van der Waals surface area contributed by atoms with Crippen LogP contribution in [0.5, 0.6) is 0 Å². The summed E-state index contributed by atoms with van der Waals surface area (Å²) in [6.07, 6.45) is 5.83. The van der Waals surface area contributed by atoms with Crippen LogP contribution in [0.1, 0.15) is 42.1 Å². The maximum absolute atomic E-state index is 12.9. The van der Waals surface area contributed by atoms with Crippen LogP contribution in [0, 0.1) is 0 Å². The number of likely N-dealkylation sites (tertiary alicyclic amines) is 1. The van der Waals surface area contributed by atoms with Crippen molar-refractivity contribution in [2.45, 2.75) is 44.2 Å². The molecule has 2 aromatic rings. The Morgan fingerprint density at radius 1 is 1.32 bits per heavy atom. The highest BCUT2D eigenvalue weighted by molar-refractivity contribution is 5.94. The molecular weight excluding hydrogens is 400 g/mol. The van der Waals surface area contributed by atoms with Crippen molar-refractivity contribution in [2.24, 2.45) is 0 Å². The summed E-state index contributed by atoms with van der Waals surface area (Å²) in [6.45, 7) is 2.72. The van der Waals surface area contributed by atoms with Crippen LogP contribution in [-0.4, -0.2) is 70.3 Å². The molecule has 1 aliphatic rings. The maximum Gasteiger partial charge on any atom is 0.290 e. The zero-order chi connectivity index (χ0) is 22.7. The van der Waals surface area contributed by atoms with Crippen LogP contribution in [-0.2, 0) is 20.7 Å². The average molecular weight is 431 g/mol. The van der Waals surface area contributed by atoms with Crippen LogP contribution >= 0.6 is 0 Å². The first-order chi connectivity index (χ1) is 15.0. The van der Waals surface area contributed by atoms with Gasteiger partial charge in [0.25, 0.3) is 18.3 Å². The number of ether oxygens (including phenoxy) is 1. The Balaban J connectivity index is 0.00000107. The number of rotatable bonds is 7. The lowest BCUT2D eigenvalue weighted by atomic mass is 9.89. The van der Waals surface area contributed by atoms with Gasteiger partial charge >= 0.3 is 0 Å². The Bertz CT molecular complexity index is 818. The number of amides is 2. The third-order valence-corrected chi connectivity index (χ3v) is 5.49. The second-order valence-corrected chi connectivity index (χ2v) is 7.48. The molecule has 1 aromatic carbocycles. The summed E-state index contributed by atoms with van der Waals surface area (Å²) in [5.74, 6) is -0.166. The zero-order valence-corrected chi connectivity index (χ0v) is 17.9. The topological polar surface area (TPSA) is 125 Å². The third-order valence-electron chi connectivity index (χ3n) is 5.49. The second kappa shape index (κ2) is 11.8. The molecule has 3 rings (SSSR count). The fourth-order valence-corrected chi connectivity index (χ4v) is 3.60. The molecule has 31 heavy (non-hydrogen) atoms. The predicted octanol–water partition coefficient (Wildman–Crippen LogP) is 1.87. The molecule has 0 saturated carbocycles. The number of hydrogen-bond donors (Lipinski definition) is 3. The highest BCUT2D eigenvalue weighted by atomic mass is 16.5. The van der Waals surface area contributed by atoms with Gasteiger partial charge in [0.15, 0.2) is 0 Å². The molecule has 9 heteroatoms. The minimum absolute atomic E-state index is 0.0466. The lowest BCUT2D eigenvalue weighted by molar-refractivity contribution is -0.149. The molecule has 1 saturated heterocycles. The van der Waals surface area contributed by atoms with Crippen molar-refractivity contribution in [2.75, 3.05) is 20.2 Å². The smallest absolute Gasteiger partial charge is 0.290 e. The first-order valence-corrected chi connectivity index (χ1v) is 10.2. The van der Waals surface area contributed by atoms with Crippen LogP contribution in [0.15, 0.2) is 42.7 Å². The summed E-state index contributed by atoms with van der Waals surface area (Å²) in [4.78, 5) is 35.5. The lowest BCUT2D eigenvalue weighted by Gasteiger charge is -2.40. The average Bonchev–Trinajstić information content (AvgIpc) is 3.33. The highest BCUT2D eigenvalue weighted by Gasteiger charge is 2.43. The Labute approximate surface area is 181 Å². The van der Waals surface area contributed by atoms with Crippen LogP contribution in [0.4, 0.5) is 0 Å². The Morgan fingerprint density at radius 2 is 1.97 bits per heavy atom. The molecule has 1 atom stereocenters. The van der Waals surface area contributed by atoms with E-state index in [1.807, 2.05) is 25.1 Å². The van der Waals surface area contributed by atoms with Crippen LogP contribution in [0.3, 0.4) is 0 Å². The van der Waals surface area contributed by atoms with Crippen LogP contribution < -0.4 is 5.32 Å². The van der Waals surface area contributed by atoms with Gasteiger partial charge in [-0.1, -0.05) is 30.3 Å². The van der Waals surface area contributed by atoms with Gasteiger partial charge < -0.3 is 20.1 Å². The van der Waals surface area contributed by atoms with Gasteiger partial charge in [0.05, 0.1) is 11.8 Å². The number of carbonyl (C=O) groups is 3. The maximum atomic E-state index is 12.9. The Hall–Kier alpha value is -3.20. The van der Waals surface area contributed by atoms with E-state index in [2.05, 4.69) is 27.6 Å². The van der Waals surface area contributed by atoms with E-state index in [1.54, 1.807) is 18.2 Å². The van der Waals surface area contributed by atoms with Gasteiger partial charge in [0.2, 0.25) is 0 Å². The van der Waals surface area contributed by atoms with E-state index >= 15 is 0 Å². The highest BCUT2D eigenvalue weighted by Crippen LogP contribution is 2.27. The molecule has 168 valence electrons. The number of hydrogen-bond acceptors (Lipinski definition) is 5. The molecule has 3 N–H and O–H groups in total. The monoisotopic (exact) mass is 430 g/mol. The number of aromatic nitrogens is 2. The number of piperidine rings is 1. The summed E-state index contributed by atoms with van der Waals surface area (Å²) in [5.41, 5.74) is 0.911. The quantitative estimate of drug-likeness (QED) is 0.576. The number of carbonyl (C=O) groups excluding carboxylic acids is 2. The molecule has 0 spiro atoms. The first-order valence-electron chi connectivity index (χ1n) is 10.2. The zero-order valence-electron chi connectivity index (χ0n) is 17.9. The Kier molecular flexibility index (Phi) is 9.20. The van der Waals surface area contributed by atoms with Gasteiger partial charge in [-0.3, -0.25) is 19.5 Å². The number of nitrogens with zero attached hydrogens (tertiary/aromatic N) is 2. The molecular formula is C22H30N4O5.